The summed E-state index contributed by atoms with van der Waals surface area (Å²) in [4.78, 5) is 36.2. The number of hydrogen-bond acceptors (Lipinski definition) is 3. The van der Waals surface area contributed by atoms with E-state index in [2.05, 4.69) is 41.5 Å². The summed E-state index contributed by atoms with van der Waals surface area (Å²) in [5.41, 5.74) is -0.505. The van der Waals surface area contributed by atoms with Crippen LogP contribution >= 0.6 is 0 Å². The summed E-state index contributed by atoms with van der Waals surface area (Å²) in [5.74, 6) is 0.161. The Bertz CT molecular complexity index is 835. The van der Waals surface area contributed by atoms with E-state index in [1.807, 2.05) is 0 Å². The van der Waals surface area contributed by atoms with Gasteiger partial charge >= 0.3 is 17.9 Å². The van der Waals surface area contributed by atoms with Crippen molar-refractivity contribution in [3.8, 4) is 0 Å². The zero-order chi connectivity index (χ0) is 33.9. The van der Waals surface area contributed by atoms with Crippen LogP contribution in [0.4, 0.5) is 0 Å². The van der Waals surface area contributed by atoms with Crippen LogP contribution in [0.1, 0.15) is 189 Å². The molecule has 0 heterocycles. The van der Waals surface area contributed by atoms with Gasteiger partial charge in [-0.15, -0.1) is 0 Å². The van der Waals surface area contributed by atoms with Crippen molar-refractivity contribution >= 4 is 17.9 Å². The Balaban J connectivity index is 3.63. The van der Waals surface area contributed by atoms with E-state index >= 15 is 0 Å². The van der Waals surface area contributed by atoms with E-state index in [4.69, 9.17) is 0 Å². The van der Waals surface area contributed by atoms with Crippen LogP contribution in [-0.2, 0) is 14.4 Å². The molecule has 4 unspecified atom stereocenters. The number of aliphatic carboxylic acids is 3. The summed E-state index contributed by atoms with van der Waals surface area (Å²) >= 11 is 0. The van der Waals surface area contributed by atoms with Crippen LogP contribution in [0.25, 0.3) is 0 Å². The number of carboxylic acid groups (broad SMARTS) is 3. The predicted molar refractivity (Wildman–Crippen MR) is 185 cm³/mol. The molecule has 0 aromatic heterocycles. The fraction of sp³-hybridized carbons (Fsp3) is 0.923. The van der Waals surface area contributed by atoms with Gasteiger partial charge in [0.25, 0.3) is 0 Å². The lowest BCUT2D eigenvalue weighted by molar-refractivity contribution is -0.153. The molecule has 1 saturated carbocycles. The van der Waals surface area contributed by atoms with Crippen LogP contribution < -0.4 is 0 Å². The number of hydrogen-bond donors (Lipinski definition) is 3. The summed E-state index contributed by atoms with van der Waals surface area (Å²) in [6.07, 6.45) is 20.5. The molecule has 0 aliphatic heterocycles. The molecule has 6 nitrogen and oxygen atoms in total. The summed E-state index contributed by atoms with van der Waals surface area (Å²) in [5, 5.41) is 29.7. The molecule has 4 atom stereocenters. The van der Waals surface area contributed by atoms with Crippen molar-refractivity contribution in [2.45, 2.75) is 189 Å². The number of unbranched alkanes of at least 4 members (excludes halogenated alkanes) is 6. The summed E-state index contributed by atoms with van der Waals surface area (Å²) in [7, 11) is 0. The second kappa shape index (κ2) is 22.1. The molecule has 0 saturated heterocycles. The largest absolute Gasteiger partial charge is 0.481 e. The number of rotatable bonds is 27. The smallest absolute Gasteiger partial charge is 0.303 e. The molecule has 1 rings (SSSR count). The first-order valence-corrected chi connectivity index (χ1v) is 18.9. The molecule has 45 heavy (non-hydrogen) atoms. The van der Waals surface area contributed by atoms with Crippen LogP contribution in [-0.4, -0.2) is 33.2 Å². The van der Waals surface area contributed by atoms with Gasteiger partial charge in [0.05, 0.1) is 0 Å². The van der Waals surface area contributed by atoms with E-state index in [0.717, 1.165) is 77.0 Å². The molecule has 3 N–H and O–H groups in total. The van der Waals surface area contributed by atoms with Crippen LogP contribution in [0.5, 0.6) is 0 Å². The van der Waals surface area contributed by atoms with Gasteiger partial charge in [-0.2, -0.15) is 0 Å². The lowest BCUT2D eigenvalue weighted by atomic mass is 9.43. The van der Waals surface area contributed by atoms with Gasteiger partial charge in [-0.25, -0.2) is 0 Å². The molecule has 1 aliphatic carbocycles. The number of carboxylic acids is 3. The summed E-state index contributed by atoms with van der Waals surface area (Å²) in [6, 6.07) is 0. The molecular weight excluding hydrogens is 564 g/mol. The quantitative estimate of drug-likeness (QED) is 0.0773. The minimum Gasteiger partial charge on any atom is -0.481 e. The fourth-order valence-electron chi connectivity index (χ4n) is 8.95. The van der Waals surface area contributed by atoms with E-state index < -0.39 is 17.9 Å². The third-order valence-electron chi connectivity index (χ3n) is 11.3. The van der Waals surface area contributed by atoms with Crippen molar-refractivity contribution in [1.82, 2.24) is 0 Å². The zero-order valence-electron chi connectivity index (χ0n) is 30.2. The monoisotopic (exact) mass is 637 g/mol. The van der Waals surface area contributed by atoms with Crippen molar-refractivity contribution < 1.29 is 29.7 Å². The van der Waals surface area contributed by atoms with Crippen LogP contribution in [0.2, 0.25) is 0 Å². The van der Waals surface area contributed by atoms with Gasteiger partial charge in [0.1, 0.15) is 0 Å². The van der Waals surface area contributed by atoms with E-state index in [-0.39, 0.29) is 41.9 Å². The molecule has 1 aliphatic rings. The third-order valence-corrected chi connectivity index (χ3v) is 11.3. The van der Waals surface area contributed by atoms with Gasteiger partial charge < -0.3 is 15.3 Å². The third kappa shape index (κ3) is 15.7. The molecule has 0 spiro atoms. The van der Waals surface area contributed by atoms with Crippen molar-refractivity contribution in [2.24, 2.45) is 40.4 Å². The van der Waals surface area contributed by atoms with Gasteiger partial charge in [0.2, 0.25) is 0 Å². The predicted octanol–water partition coefficient (Wildman–Crippen LogP) is 11.4. The highest BCUT2D eigenvalue weighted by atomic mass is 16.4. The van der Waals surface area contributed by atoms with E-state index in [1.165, 1.54) is 32.1 Å². The minimum absolute atomic E-state index is 0.101. The molecule has 0 radical (unpaired) electrons. The molecule has 1 fully saturated rings. The van der Waals surface area contributed by atoms with E-state index in [1.54, 1.807) is 0 Å². The maximum atomic E-state index is 12.3. The van der Waals surface area contributed by atoms with E-state index in [0.29, 0.717) is 37.0 Å². The minimum atomic E-state index is -0.776. The molecule has 264 valence electrons. The Kier molecular flexibility index (Phi) is 20.3. The average Bonchev–Trinajstić information content (AvgIpc) is 2.94. The standard InChI is InChI=1S/C39H72O6/c1-30(2)16-10-7-13-19-34-33(20-21-35(40)41)22-27-38(28-23-36(42)43,25-14-8-11-17-31(3)4)39(34,29-24-37(44)45)26-15-9-12-18-32(5)6/h30-34H,7-29H2,1-6H3,(H,40,41)(H,42,43)(H,44,45). The van der Waals surface area contributed by atoms with Gasteiger partial charge in [-0.1, -0.05) is 119 Å². The summed E-state index contributed by atoms with van der Waals surface area (Å²) < 4.78 is 0. The summed E-state index contributed by atoms with van der Waals surface area (Å²) in [6.45, 7) is 13.6. The van der Waals surface area contributed by atoms with Crippen LogP contribution in [0.3, 0.4) is 0 Å². The Labute approximate surface area is 276 Å². The molecule has 0 aromatic rings. The SMILES string of the molecule is CC(C)CCCCCC1C(CCC(=O)O)CCC(CCCCCC(C)C)(CCC(=O)O)C1(CCCCCC(C)C)CCC(=O)O. The molecule has 0 amide bonds. The fourth-order valence-corrected chi connectivity index (χ4v) is 8.95. The highest BCUT2D eigenvalue weighted by molar-refractivity contribution is 5.67. The first-order valence-electron chi connectivity index (χ1n) is 18.9. The van der Waals surface area contributed by atoms with E-state index in [9.17, 15) is 29.7 Å². The molecule has 0 aromatic carbocycles. The second-order valence-corrected chi connectivity index (χ2v) is 16.1. The van der Waals surface area contributed by atoms with Gasteiger partial charge in [0.15, 0.2) is 0 Å². The highest BCUT2D eigenvalue weighted by Crippen LogP contribution is 2.66. The Morgan fingerprint density at radius 3 is 1.51 bits per heavy atom. The molecule has 0 bridgehead atoms. The maximum Gasteiger partial charge on any atom is 0.303 e. The second-order valence-electron chi connectivity index (χ2n) is 16.1. The topological polar surface area (TPSA) is 112 Å². The van der Waals surface area contributed by atoms with Crippen molar-refractivity contribution in [2.75, 3.05) is 0 Å². The van der Waals surface area contributed by atoms with Gasteiger partial charge in [-0.05, 0) is 91.8 Å². The number of carbonyl (C=O) groups is 3. The van der Waals surface area contributed by atoms with Crippen molar-refractivity contribution in [3.63, 3.8) is 0 Å². The maximum absolute atomic E-state index is 12.3. The first-order chi connectivity index (χ1) is 21.2. The zero-order valence-corrected chi connectivity index (χ0v) is 30.2. The Morgan fingerprint density at radius 2 is 1.02 bits per heavy atom. The van der Waals surface area contributed by atoms with Crippen molar-refractivity contribution in [3.05, 3.63) is 0 Å². The van der Waals surface area contributed by atoms with Gasteiger partial charge in [-0.3, -0.25) is 14.4 Å². The molecular formula is C39H72O6. The van der Waals surface area contributed by atoms with Crippen LogP contribution in [0.15, 0.2) is 0 Å². The molecule has 6 heteroatoms. The lowest BCUT2D eigenvalue weighted by Crippen LogP contribution is -2.54. The Morgan fingerprint density at radius 1 is 0.556 bits per heavy atom. The lowest BCUT2D eigenvalue weighted by Gasteiger charge is -2.62. The first kappa shape index (κ1) is 41.4. The van der Waals surface area contributed by atoms with Crippen molar-refractivity contribution in [1.29, 1.82) is 0 Å². The highest BCUT2D eigenvalue weighted by Gasteiger charge is 2.58. The van der Waals surface area contributed by atoms with Crippen LogP contribution in [0, 0.1) is 40.4 Å². The average molecular weight is 637 g/mol. The normalized spacial score (nSPS) is 23.7. The van der Waals surface area contributed by atoms with Gasteiger partial charge in [0, 0.05) is 19.3 Å². The Hall–Kier alpha value is -1.59.